The molecular weight excluding hydrogens is 400 g/mol. The third kappa shape index (κ3) is 5.75. The van der Waals surface area contributed by atoms with Crippen molar-refractivity contribution in [1.82, 2.24) is 15.3 Å². The zero-order valence-electron chi connectivity index (χ0n) is 19.2. The van der Waals surface area contributed by atoms with Crippen molar-refractivity contribution in [3.05, 3.63) is 54.7 Å². The maximum Gasteiger partial charge on any atom is 0.407 e. The number of alkyl carbamates (subject to hydrolysis) is 1. The summed E-state index contributed by atoms with van der Waals surface area (Å²) in [6.07, 6.45) is 4.61. The van der Waals surface area contributed by atoms with Crippen molar-refractivity contribution in [3.8, 4) is 11.3 Å². The van der Waals surface area contributed by atoms with Crippen LogP contribution in [0.3, 0.4) is 0 Å². The van der Waals surface area contributed by atoms with Gasteiger partial charge in [0, 0.05) is 31.4 Å². The van der Waals surface area contributed by atoms with Crippen molar-refractivity contribution in [2.75, 3.05) is 24.5 Å². The molecule has 0 saturated carbocycles. The Bertz CT molecular complexity index is 1070. The summed E-state index contributed by atoms with van der Waals surface area (Å²) in [4.78, 5) is 23.5. The third-order valence-corrected chi connectivity index (χ3v) is 5.81. The van der Waals surface area contributed by atoms with E-state index >= 15 is 0 Å². The molecule has 6 nitrogen and oxygen atoms in total. The van der Waals surface area contributed by atoms with E-state index in [1.165, 1.54) is 10.8 Å². The van der Waals surface area contributed by atoms with E-state index in [1.54, 1.807) is 0 Å². The van der Waals surface area contributed by atoms with Crippen molar-refractivity contribution >= 4 is 22.8 Å². The maximum atomic E-state index is 11.8. The highest BCUT2D eigenvalue weighted by atomic mass is 16.6. The second-order valence-electron chi connectivity index (χ2n) is 9.45. The molecule has 0 atom stereocenters. The van der Waals surface area contributed by atoms with Crippen LogP contribution in [0, 0.1) is 5.92 Å². The first kappa shape index (κ1) is 22.1. The number of hydrogen-bond acceptors (Lipinski definition) is 5. The lowest BCUT2D eigenvalue weighted by Gasteiger charge is -2.32. The normalized spacial score (nSPS) is 15.0. The number of hydrogen-bond donors (Lipinski definition) is 1. The minimum Gasteiger partial charge on any atom is -0.444 e. The third-order valence-electron chi connectivity index (χ3n) is 5.81. The van der Waals surface area contributed by atoms with Gasteiger partial charge in [-0.05, 0) is 68.9 Å². The van der Waals surface area contributed by atoms with E-state index in [4.69, 9.17) is 9.72 Å². The van der Waals surface area contributed by atoms with Gasteiger partial charge in [0.25, 0.3) is 0 Å². The summed E-state index contributed by atoms with van der Waals surface area (Å²) >= 11 is 0. The molecule has 0 unspecified atom stereocenters. The topological polar surface area (TPSA) is 67.3 Å². The molecule has 1 saturated heterocycles. The number of carbonyl (C=O) groups excluding carboxylic acids is 1. The first-order chi connectivity index (χ1) is 15.4. The Morgan fingerprint density at radius 3 is 2.59 bits per heavy atom. The van der Waals surface area contributed by atoms with Crippen LogP contribution >= 0.6 is 0 Å². The molecule has 1 amide bonds. The summed E-state index contributed by atoms with van der Waals surface area (Å²) in [6, 6.07) is 16.8. The van der Waals surface area contributed by atoms with Crippen molar-refractivity contribution in [2.45, 2.75) is 45.6 Å². The molecule has 6 heteroatoms. The number of aromatic nitrogens is 2. The minimum atomic E-state index is -0.461. The van der Waals surface area contributed by atoms with Crippen LogP contribution in [0.1, 0.15) is 40.0 Å². The van der Waals surface area contributed by atoms with Gasteiger partial charge in [-0.3, -0.25) is 0 Å². The SMILES string of the molecule is CC(C)(C)OC(=O)NCCC1CCN(c2nccc(-c3ccc4ccccc4c3)n2)CC1. The zero-order chi connectivity index (χ0) is 22.6. The lowest BCUT2D eigenvalue weighted by Crippen LogP contribution is -2.37. The van der Waals surface area contributed by atoms with E-state index in [1.807, 2.05) is 33.0 Å². The maximum absolute atomic E-state index is 11.8. The predicted molar refractivity (Wildman–Crippen MR) is 129 cm³/mol. The Labute approximate surface area is 190 Å². The lowest BCUT2D eigenvalue weighted by atomic mass is 9.94. The number of carbonyl (C=O) groups is 1. The van der Waals surface area contributed by atoms with Gasteiger partial charge in [-0.15, -0.1) is 0 Å². The fourth-order valence-electron chi connectivity index (χ4n) is 4.12. The highest BCUT2D eigenvalue weighted by Crippen LogP contribution is 2.26. The van der Waals surface area contributed by atoms with E-state index in [0.717, 1.165) is 49.6 Å². The highest BCUT2D eigenvalue weighted by molar-refractivity contribution is 5.86. The molecule has 168 valence electrons. The number of fused-ring (bicyclic) bond motifs is 1. The van der Waals surface area contributed by atoms with Crippen molar-refractivity contribution < 1.29 is 9.53 Å². The van der Waals surface area contributed by atoms with Gasteiger partial charge >= 0.3 is 6.09 Å². The second kappa shape index (κ2) is 9.55. The van der Waals surface area contributed by atoms with Gasteiger partial charge in [-0.25, -0.2) is 14.8 Å². The molecule has 32 heavy (non-hydrogen) atoms. The van der Waals surface area contributed by atoms with Crippen LogP contribution in [0.25, 0.3) is 22.0 Å². The van der Waals surface area contributed by atoms with E-state index in [2.05, 4.69) is 57.7 Å². The number of nitrogens with one attached hydrogen (secondary N) is 1. The molecule has 2 aromatic carbocycles. The van der Waals surface area contributed by atoms with Gasteiger partial charge in [-0.2, -0.15) is 0 Å². The number of piperidine rings is 1. The van der Waals surface area contributed by atoms with Gasteiger partial charge in [0.2, 0.25) is 5.95 Å². The van der Waals surface area contributed by atoms with E-state index in [0.29, 0.717) is 12.5 Å². The summed E-state index contributed by atoms with van der Waals surface area (Å²) < 4.78 is 5.30. The van der Waals surface area contributed by atoms with Gasteiger partial charge < -0.3 is 15.0 Å². The number of ether oxygens (including phenoxy) is 1. The average Bonchev–Trinajstić information content (AvgIpc) is 2.78. The number of nitrogens with zero attached hydrogens (tertiary/aromatic N) is 3. The monoisotopic (exact) mass is 432 g/mol. The molecule has 1 aliphatic rings. The van der Waals surface area contributed by atoms with Crippen molar-refractivity contribution in [1.29, 1.82) is 0 Å². The number of anilines is 1. The molecule has 1 N–H and O–H groups in total. The van der Waals surface area contributed by atoms with Gasteiger partial charge in [-0.1, -0.05) is 36.4 Å². The van der Waals surface area contributed by atoms with Crippen LogP contribution in [-0.2, 0) is 4.74 Å². The molecule has 1 aromatic heterocycles. The molecule has 0 spiro atoms. The second-order valence-corrected chi connectivity index (χ2v) is 9.45. The molecule has 1 aliphatic heterocycles. The van der Waals surface area contributed by atoms with Crippen LogP contribution in [0.15, 0.2) is 54.7 Å². The smallest absolute Gasteiger partial charge is 0.407 e. The highest BCUT2D eigenvalue weighted by Gasteiger charge is 2.22. The zero-order valence-corrected chi connectivity index (χ0v) is 19.2. The van der Waals surface area contributed by atoms with Crippen molar-refractivity contribution in [3.63, 3.8) is 0 Å². The average molecular weight is 433 g/mol. The summed E-state index contributed by atoms with van der Waals surface area (Å²) in [5.41, 5.74) is 1.59. The summed E-state index contributed by atoms with van der Waals surface area (Å²) in [5.74, 6) is 1.38. The Morgan fingerprint density at radius 2 is 1.84 bits per heavy atom. The molecule has 1 fully saturated rings. The Morgan fingerprint density at radius 1 is 1.09 bits per heavy atom. The molecular formula is C26H32N4O2. The first-order valence-corrected chi connectivity index (χ1v) is 11.4. The fraction of sp³-hybridized carbons (Fsp3) is 0.423. The quantitative estimate of drug-likeness (QED) is 0.582. The fourth-order valence-corrected chi connectivity index (χ4v) is 4.12. The van der Waals surface area contributed by atoms with Crippen LogP contribution < -0.4 is 10.2 Å². The summed E-state index contributed by atoms with van der Waals surface area (Å²) in [5, 5.41) is 5.31. The van der Waals surface area contributed by atoms with Crippen molar-refractivity contribution in [2.24, 2.45) is 5.92 Å². The van der Waals surface area contributed by atoms with E-state index in [9.17, 15) is 4.79 Å². The standard InChI is InChI=1S/C26H32N4O2/c1-26(2,3)32-25(31)28-14-10-19-12-16-30(17-13-19)24-27-15-11-23(29-24)22-9-8-20-6-4-5-7-21(20)18-22/h4-9,11,15,18-19H,10,12-14,16-17H2,1-3H3,(H,28,31). The number of amides is 1. The largest absolute Gasteiger partial charge is 0.444 e. The number of benzene rings is 2. The van der Waals surface area contributed by atoms with Crippen LogP contribution in [0.2, 0.25) is 0 Å². The Hall–Kier alpha value is -3.15. The molecule has 0 aliphatic carbocycles. The van der Waals surface area contributed by atoms with E-state index in [-0.39, 0.29) is 6.09 Å². The molecule has 0 bridgehead atoms. The van der Waals surface area contributed by atoms with Gasteiger partial charge in [0.05, 0.1) is 5.69 Å². The molecule has 2 heterocycles. The predicted octanol–water partition coefficient (Wildman–Crippen LogP) is 5.43. The summed E-state index contributed by atoms with van der Waals surface area (Å²) in [6.45, 7) is 8.13. The molecule has 4 rings (SSSR count). The molecule has 3 aromatic rings. The van der Waals surface area contributed by atoms with Gasteiger partial charge in [0.1, 0.15) is 5.60 Å². The van der Waals surface area contributed by atoms with Crippen LogP contribution in [0.5, 0.6) is 0 Å². The molecule has 0 radical (unpaired) electrons. The van der Waals surface area contributed by atoms with E-state index < -0.39 is 5.60 Å². The summed E-state index contributed by atoms with van der Waals surface area (Å²) in [7, 11) is 0. The van der Waals surface area contributed by atoms with Crippen LogP contribution in [-0.4, -0.2) is 41.3 Å². The minimum absolute atomic E-state index is 0.339. The lowest BCUT2D eigenvalue weighted by molar-refractivity contribution is 0.0524. The van der Waals surface area contributed by atoms with Crippen LogP contribution in [0.4, 0.5) is 10.7 Å². The Balaban J connectivity index is 1.31. The van der Waals surface area contributed by atoms with Gasteiger partial charge in [0.15, 0.2) is 0 Å². The first-order valence-electron chi connectivity index (χ1n) is 11.4. The number of rotatable bonds is 5. The Kier molecular flexibility index (Phi) is 6.58.